The Bertz CT molecular complexity index is 747. The molecule has 0 aliphatic carbocycles. The van der Waals surface area contributed by atoms with Gasteiger partial charge in [0.25, 0.3) is 5.91 Å². The Labute approximate surface area is 145 Å². The van der Waals surface area contributed by atoms with Crippen molar-refractivity contribution < 1.29 is 22.8 Å². The number of benzene rings is 2. The summed E-state index contributed by atoms with van der Waals surface area (Å²) >= 11 is -0.234. The minimum atomic E-state index is -4.36. The molecule has 0 radical (unpaired) electrons. The summed E-state index contributed by atoms with van der Waals surface area (Å²) in [5.74, 6) is -0.400. The summed E-state index contributed by atoms with van der Waals surface area (Å²) in [7, 11) is 0. The summed E-state index contributed by atoms with van der Waals surface area (Å²) in [6, 6.07) is 11.2. The minimum absolute atomic E-state index is 0.0154. The van der Waals surface area contributed by atoms with Crippen LogP contribution in [0.1, 0.15) is 15.9 Å². The van der Waals surface area contributed by atoms with Gasteiger partial charge in [0.15, 0.2) is 0 Å². The second-order valence-corrected chi connectivity index (χ2v) is 6.08. The van der Waals surface area contributed by atoms with Gasteiger partial charge < -0.3 is 16.4 Å². The van der Waals surface area contributed by atoms with Crippen molar-refractivity contribution in [2.45, 2.75) is 16.9 Å². The van der Waals surface area contributed by atoms with Crippen molar-refractivity contribution in [3.05, 3.63) is 59.7 Å². The zero-order valence-corrected chi connectivity index (χ0v) is 13.6. The van der Waals surface area contributed by atoms with Crippen molar-refractivity contribution in [3.63, 3.8) is 0 Å². The molecule has 2 rings (SSSR count). The Kier molecular flexibility index (Phi) is 5.92. The third-order valence-corrected chi connectivity index (χ3v) is 3.76. The molecule has 0 bridgehead atoms. The van der Waals surface area contributed by atoms with Gasteiger partial charge in [0.1, 0.15) is 0 Å². The van der Waals surface area contributed by atoms with E-state index in [2.05, 4.69) is 10.6 Å². The standard InChI is InChI=1S/C16H14F3N3O2S/c17-16(18,19)25-13-7-3-11(4-8-13)14(23)21-9-10-1-5-12(6-2-10)22-15(20)24/h1-8H,9H2,(H,21,23)(H3,20,22,24). The normalized spacial score (nSPS) is 11.0. The van der Waals surface area contributed by atoms with E-state index in [1.807, 2.05) is 0 Å². The van der Waals surface area contributed by atoms with Crippen molar-refractivity contribution in [3.8, 4) is 0 Å². The van der Waals surface area contributed by atoms with Crippen LogP contribution in [-0.2, 0) is 6.54 Å². The fourth-order valence-corrected chi connectivity index (χ4v) is 2.48. The first-order chi connectivity index (χ1) is 11.7. The maximum Gasteiger partial charge on any atom is 0.446 e. The van der Waals surface area contributed by atoms with Gasteiger partial charge in [0.05, 0.1) is 0 Å². The van der Waals surface area contributed by atoms with E-state index in [0.717, 1.165) is 5.56 Å². The molecule has 0 spiro atoms. The largest absolute Gasteiger partial charge is 0.446 e. The first-order valence-electron chi connectivity index (χ1n) is 7.02. The lowest BCUT2D eigenvalue weighted by Gasteiger charge is -2.08. The fraction of sp³-hybridized carbons (Fsp3) is 0.125. The van der Waals surface area contributed by atoms with Gasteiger partial charge in [-0.25, -0.2) is 4.79 Å². The van der Waals surface area contributed by atoms with Crippen LogP contribution in [0.4, 0.5) is 23.7 Å². The van der Waals surface area contributed by atoms with Gasteiger partial charge in [-0.1, -0.05) is 12.1 Å². The average Bonchev–Trinajstić information content (AvgIpc) is 2.52. The molecular formula is C16H14F3N3O2S. The van der Waals surface area contributed by atoms with Crippen LogP contribution in [0.25, 0.3) is 0 Å². The smallest absolute Gasteiger partial charge is 0.351 e. The van der Waals surface area contributed by atoms with Crippen LogP contribution in [0.2, 0.25) is 0 Å². The first-order valence-corrected chi connectivity index (χ1v) is 7.84. The molecule has 5 nitrogen and oxygen atoms in total. The highest BCUT2D eigenvalue weighted by Crippen LogP contribution is 2.36. The molecule has 2 aromatic carbocycles. The molecule has 132 valence electrons. The van der Waals surface area contributed by atoms with Crippen molar-refractivity contribution in [2.75, 3.05) is 5.32 Å². The number of anilines is 1. The number of nitrogens with two attached hydrogens (primary N) is 1. The van der Waals surface area contributed by atoms with Crippen LogP contribution in [0.15, 0.2) is 53.4 Å². The predicted octanol–water partition coefficient (Wildman–Crippen LogP) is 3.72. The van der Waals surface area contributed by atoms with E-state index in [0.29, 0.717) is 5.69 Å². The molecule has 25 heavy (non-hydrogen) atoms. The monoisotopic (exact) mass is 369 g/mol. The molecule has 3 amide bonds. The number of thioether (sulfide) groups is 1. The summed E-state index contributed by atoms with van der Waals surface area (Å²) in [6.07, 6.45) is 0. The fourth-order valence-electron chi connectivity index (χ4n) is 1.94. The van der Waals surface area contributed by atoms with Crippen molar-refractivity contribution in [1.29, 1.82) is 0 Å². The van der Waals surface area contributed by atoms with Gasteiger partial charge in [-0.2, -0.15) is 13.2 Å². The van der Waals surface area contributed by atoms with E-state index < -0.39 is 17.4 Å². The molecule has 4 N–H and O–H groups in total. The van der Waals surface area contributed by atoms with Crippen LogP contribution in [0.3, 0.4) is 0 Å². The number of nitrogens with one attached hydrogen (secondary N) is 2. The van der Waals surface area contributed by atoms with E-state index in [-0.39, 0.29) is 28.8 Å². The molecule has 0 aromatic heterocycles. The van der Waals surface area contributed by atoms with Crippen LogP contribution >= 0.6 is 11.8 Å². The summed E-state index contributed by atoms with van der Waals surface area (Å²) < 4.78 is 36.8. The molecule has 2 aromatic rings. The van der Waals surface area contributed by atoms with Gasteiger partial charge >= 0.3 is 11.5 Å². The van der Waals surface area contributed by atoms with Gasteiger partial charge in [-0.3, -0.25) is 4.79 Å². The maximum atomic E-state index is 12.3. The summed E-state index contributed by atoms with van der Waals surface area (Å²) in [5, 5.41) is 5.08. The van der Waals surface area contributed by atoms with Gasteiger partial charge in [0, 0.05) is 22.7 Å². The Morgan fingerprint density at radius 2 is 1.60 bits per heavy atom. The number of alkyl halides is 3. The minimum Gasteiger partial charge on any atom is -0.351 e. The number of hydrogen-bond acceptors (Lipinski definition) is 3. The molecule has 0 aliphatic rings. The lowest BCUT2D eigenvalue weighted by molar-refractivity contribution is -0.0328. The second kappa shape index (κ2) is 7.93. The second-order valence-electron chi connectivity index (χ2n) is 4.94. The van der Waals surface area contributed by atoms with Crippen molar-refractivity contribution in [2.24, 2.45) is 5.73 Å². The van der Waals surface area contributed by atoms with Crippen LogP contribution in [-0.4, -0.2) is 17.4 Å². The number of hydrogen-bond donors (Lipinski definition) is 3. The van der Waals surface area contributed by atoms with E-state index in [1.54, 1.807) is 24.3 Å². The van der Waals surface area contributed by atoms with E-state index >= 15 is 0 Å². The van der Waals surface area contributed by atoms with Crippen LogP contribution in [0.5, 0.6) is 0 Å². The third-order valence-electron chi connectivity index (χ3n) is 3.02. The quantitative estimate of drug-likeness (QED) is 0.703. The highest BCUT2D eigenvalue weighted by Gasteiger charge is 2.29. The molecule has 0 saturated carbocycles. The van der Waals surface area contributed by atoms with E-state index in [9.17, 15) is 22.8 Å². The lowest BCUT2D eigenvalue weighted by Crippen LogP contribution is -2.22. The zero-order valence-electron chi connectivity index (χ0n) is 12.8. The number of carbonyl (C=O) groups excluding carboxylic acids is 2. The summed E-state index contributed by atoms with van der Waals surface area (Å²) in [4.78, 5) is 22.7. The van der Waals surface area contributed by atoms with Crippen molar-refractivity contribution in [1.82, 2.24) is 5.32 Å². The number of primary amides is 1. The highest BCUT2D eigenvalue weighted by atomic mass is 32.2. The molecule has 0 atom stereocenters. The number of amides is 3. The zero-order chi connectivity index (χ0) is 18.4. The van der Waals surface area contributed by atoms with Crippen LogP contribution in [0, 0.1) is 0 Å². The van der Waals surface area contributed by atoms with E-state index in [1.165, 1.54) is 24.3 Å². The number of rotatable bonds is 5. The Hall–Kier alpha value is -2.68. The first kappa shape index (κ1) is 18.7. The number of urea groups is 1. The Morgan fingerprint density at radius 1 is 1.00 bits per heavy atom. The number of carbonyl (C=O) groups is 2. The SMILES string of the molecule is NC(=O)Nc1ccc(CNC(=O)c2ccc(SC(F)(F)F)cc2)cc1. The van der Waals surface area contributed by atoms with E-state index in [4.69, 9.17) is 5.73 Å². The third kappa shape index (κ3) is 6.38. The van der Waals surface area contributed by atoms with Gasteiger partial charge in [-0.15, -0.1) is 0 Å². The lowest BCUT2D eigenvalue weighted by atomic mass is 10.2. The summed E-state index contributed by atoms with van der Waals surface area (Å²) in [6.45, 7) is 0.231. The average molecular weight is 369 g/mol. The molecular weight excluding hydrogens is 355 g/mol. The molecule has 0 aliphatic heterocycles. The predicted molar refractivity (Wildman–Crippen MR) is 89.2 cm³/mol. The summed E-state index contributed by atoms with van der Waals surface area (Å²) in [5.41, 5.74) is 2.21. The molecule has 9 heteroatoms. The maximum absolute atomic E-state index is 12.3. The highest BCUT2D eigenvalue weighted by molar-refractivity contribution is 8.00. The van der Waals surface area contributed by atoms with Crippen molar-refractivity contribution >= 4 is 29.4 Å². The molecule has 0 fully saturated rings. The molecule has 0 saturated heterocycles. The Morgan fingerprint density at radius 3 is 2.12 bits per heavy atom. The van der Waals surface area contributed by atoms with Gasteiger partial charge in [-0.05, 0) is 53.7 Å². The topological polar surface area (TPSA) is 84.2 Å². The molecule has 0 heterocycles. The molecule has 0 unspecified atom stereocenters. The van der Waals surface area contributed by atoms with Crippen LogP contribution < -0.4 is 16.4 Å². The number of halogens is 3. The van der Waals surface area contributed by atoms with Gasteiger partial charge in [0.2, 0.25) is 0 Å². The Balaban J connectivity index is 1.90.